The monoisotopic (exact) mass is 308 g/mol. The average molecular weight is 308 g/mol. The van der Waals surface area contributed by atoms with E-state index < -0.39 is 5.97 Å². The third-order valence-corrected chi connectivity index (χ3v) is 3.68. The van der Waals surface area contributed by atoms with Crippen LogP contribution in [-0.4, -0.2) is 29.1 Å². The molecule has 1 rings (SSSR count). The maximum absolute atomic E-state index is 11.7. The molecule has 1 aliphatic rings. The first-order valence-electron chi connectivity index (χ1n) is 8.36. The van der Waals surface area contributed by atoms with Crippen LogP contribution in [-0.2, 0) is 14.3 Å². The van der Waals surface area contributed by atoms with Gasteiger partial charge in [0.1, 0.15) is 6.10 Å². The lowest BCUT2D eigenvalue weighted by Crippen LogP contribution is -1.96. The van der Waals surface area contributed by atoms with E-state index in [1.165, 1.54) is 0 Å². The Morgan fingerprint density at radius 1 is 1.05 bits per heavy atom. The van der Waals surface area contributed by atoms with Gasteiger partial charge in [-0.1, -0.05) is 38.3 Å². The molecule has 4 heteroatoms. The number of hydrogen-bond donors (Lipinski definition) is 1. The van der Waals surface area contributed by atoms with Gasteiger partial charge in [0.15, 0.2) is 5.78 Å². The lowest BCUT2D eigenvalue weighted by molar-refractivity contribution is -0.137. The third kappa shape index (κ3) is 9.50. The first-order valence-corrected chi connectivity index (χ1v) is 8.36. The van der Waals surface area contributed by atoms with Crippen LogP contribution in [0.1, 0.15) is 64.7 Å². The number of allylic oxidation sites excluding steroid dienone is 2. The van der Waals surface area contributed by atoms with Crippen molar-refractivity contribution in [2.75, 3.05) is 0 Å². The number of carboxylic acids is 1. The van der Waals surface area contributed by atoms with Crippen LogP contribution in [0.25, 0.3) is 0 Å². The van der Waals surface area contributed by atoms with Crippen LogP contribution >= 0.6 is 0 Å². The largest absolute Gasteiger partial charge is 0.481 e. The molecule has 1 heterocycles. The average Bonchev–Trinajstić information content (AvgIpc) is 3.22. The smallest absolute Gasteiger partial charge is 0.303 e. The Morgan fingerprint density at radius 2 is 1.73 bits per heavy atom. The van der Waals surface area contributed by atoms with Gasteiger partial charge < -0.3 is 9.84 Å². The molecule has 0 aromatic heterocycles. The van der Waals surface area contributed by atoms with Crippen molar-refractivity contribution in [3.63, 3.8) is 0 Å². The molecule has 4 nitrogen and oxygen atoms in total. The highest BCUT2D eigenvalue weighted by Gasteiger charge is 2.34. The molecule has 1 aliphatic heterocycles. The molecule has 0 amide bonds. The second-order valence-electron chi connectivity index (χ2n) is 5.74. The Bertz CT molecular complexity index is 398. The summed E-state index contributed by atoms with van der Waals surface area (Å²) in [4.78, 5) is 22.0. The van der Waals surface area contributed by atoms with Crippen LogP contribution in [0.3, 0.4) is 0 Å². The predicted molar refractivity (Wildman–Crippen MR) is 86.8 cm³/mol. The number of ether oxygens (including phenoxy) is 1. The zero-order valence-corrected chi connectivity index (χ0v) is 13.5. The molecular formula is C18H28O4. The molecule has 1 N–H and O–H groups in total. The summed E-state index contributed by atoms with van der Waals surface area (Å²) in [5.74, 6) is -0.574. The van der Waals surface area contributed by atoms with Gasteiger partial charge in [-0.05, 0) is 37.8 Å². The SMILES string of the molecule is CC/C=C\C[C@H]1O[C@@H]1/C=C/C(=O)CCCCCCCC(=O)O. The van der Waals surface area contributed by atoms with Crippen molar-refractivity contribution in [2.24, 2.45) is 0 Å². The Morgan fingerprint density at radius 3 is 2.41 bits per heavy atom. The van der Waals surface area contributed by atoms with Crippen LogP contribution in [0, 0.1) is 0 Å². The molecule has 0 aliphatic carbocycles. The number of unbranched alkanes of at least 4 members (excludes halogenated alkanes) is 4. The van der Waals surface area contributed by atoms with Gasteiger partial charge in [-0.3, -0.25) is 9.59 Å². The number of ketones is 1. The normalized spacial score (nSPS) is 20.8. The van der Waals surface area contributed by atoms with Crippen molar-refractivity contribution in [2.45, 2.75) is 76.9 Å². The van der Waals surface area contributed by atoms with Gasteiger partial charge >= 0.3 is 5.97 Å². The Hall–Kier alpha value is -1.42. The molecule has 124 valence electrons. The molecule has 22 heavy (non-hydrogen) atoms. The third-order valence-electron chi connectivity index (χ3n) is 3.68. The van der Waals surface area contributed by atoms with Crippen molar-refractivity contribution in [1.82, 2.24) is 0 Å². The Balaban J connectivity index is 1.97. The maximum atomic E-state index is 11.7. The van der Waals surface area contributed by atoms with Gasteiger partial charge in [0.2, 0.25) is 0 Å². The minimum Gasteiger partial charge on any atom is -0.481 e. The summed E-state index contributed by atoms with van der Waals surface area (Å²) in [5.41, 5.74) is 0. The predicted octanol–water partition coefficient (Wildman–Crippen LogP) is 4.05. The van der Waals surface area contributed by atoms with E-state index in [0.29, 0.717) is 6.42 Å². The number of carbonyl (C=O) groups is 2. The Kier molecular flexibility index (Phi) is 9.47. The minimum atomic E-state index is -0.730. The molecule has 0 bridgehead atoms. The molecule has 0 aromatic rings. The van der Waals surface area contributed by atoms with E-state index in [1.807, 2.05) is 6.08 Å². The molecule has 1 saturated heterocycles. The second-order valence-corrected chi connectivity index (χ2v) is 5.74. The van der Waals surface area contributed by atoms with E-state index in [1.54, 1.807) is 6.08 Å². The molecule has 0 aromatic carbocycles. The molecule has 2 atom stereocenters. The number of epoxide rings is 1. The zero-order valence-electron chi connectivity index (χ0n) is 13.5. The van der Waals surface area contributed by atoms with Crippen LogP contribution in [0.5, 0.6) is 0 Å². The fourth-order valence-corrected chi connectivity index (χ4v) is 2.30. The van der Waals surface area contributed by atoms with Crippen molar-refractivity contribution >= 4 is 11.8 Å². The number of hydrogen-bond acceptors (Lipinski definition) is 3. The van der Waals surface area contributed by atoms with Gasteiger partial charge in [0, 0.05) is 12.8 Å². The molecule has 0 spiro atoms. The van der Waals surface area contributed by atoms with Gasteiger partial charge in [-0.2, -0.15) is 0 Å². The Labute approximate surface area is 133 Å². The van der Waals surface area contributed by atoms with E-state index in [9.17, 15) is 9.59 Å². The number of rotatable bonds is 13. The topological polar surface area (TPSA) is 66.9 Å². The maximum Gasteiger partial charge on any atom is 0.303 e. The van der Waals surface area contributed by atoms with Gasteiger partial charge in [0.05, 0.1) is 6.10 Å². The second kappa shape index (κ2) is 11.2. The quantitative estimate of drug-likeness (QED) is 0.241. The molecule has 1 fully saturated rings. The highest BCUT2D eigenvalue weighted by atomic mass is 16.6. The van der Waals surface area contributed by atoms with Crippen LogP contribution < -0.4 is 0 Å². The minimum absolute atomic E-state index is 0.112. The first-order chi connectivity index (χ1) is 10.6. The highest BCUT2D eigenvalue weighted by molar-refractivity contribution is 5.89. The van der Waals surface area contributed by atoms with E-state index in [2.05, 4.69) is 19.1 Å². The van der Waals surface area contributed by atoms with Crippen molar-refractivity contribution in [1.29, 1.82) is 0 Å². The summed E-state index contributed by atoms with van der Waals surface area (Å²) in [6.07, 6.45) is 15.5. The molecule has 0 saturated carbocycles. The molecule has 0 unspecified atom stereocenters. The van der Waals surface area contributed by atoms with E-state index in [4.69, 9.17) is 9.84 Å². The first kappa shape index (κ1) is 18.6. The van der Waals surface area contributed by atoms with E-state index in [-0.39, 0.29) is 24.4 Å². The van der Waals surface area contributed by atoms with E-state index >= 15 is 0 Å². The van der Waals surface area contributed by atoms with Crippen LogP contribution in [0.15, 0.2) is 24.3 Å². The summed E-state index contributed by atoms with van der Waals surface area (Å²) >= 11 is 0. The van der Waals surface area contributed by atoms with Gasteiger partial charge in [-0.25, -0.2) is 0 Å². The molecular weight excluding hydrogens is 280 g/mol. The van der Waals surface area contributed by atoms with Crippen LogP contribution in [0.4, 0.5) is 0 Å². The summed E-state index contributed by atoms with van der Waals surface area (Å²) in [7, 11) is 0. The highest BCUT2D eigenvalue weighted by Crippen LogP contribution is 2.27. The fraction of sp³-hybridized carbons (Fsp3) is 0.667. The van der Waals surface area contributed by atoms with Gasteiger partial charge in [0.25, 0.3) is 0 Å². The number of carboxylic acid groups (broad SMARTS) is 1. The standard InChI is InChI=1S/C18H28O4/c1-2-3-7-11-16-17(22-16)14-13-15(19)10-8-5-4-6-9-12-18(20)21/h3,7,13-14,16-17H,2,4-6,8-12H2,1H3,(H,20,21)/b7-3-,14-13+/t16-,17-/m1/s1. The summed E-state index contributed by atoms with van der Waals surface area (Å²) in [6.45, 7) is 2.10. The summed E-state index contributed by atoms with van der Waals surface area (Å²) in [5, 5.41) is 8.51. The molecule has 0 radical (unpaired) electrons. The van der Waals surface area contributed by atoms with E-state index in [0.717, 1.165) is 44.9 Å². The number of aliphatic carboxylic acids is 1. The lowest BCUT2D eigenvalue weighted by atomic mass is 10.1. The summed E-state index contributed by atoms with van der Waals surface area (Å²) in [6, 6.07) is 0. The fourth-order valence-electron chi connectivity index (χ4n) is 2.30. The summed E-state index contributed by atoms with van der Waals surface area (Å²) < 4.78 is 5.46. The van der Waals surface area contributed by atoms with Gasteiger partial charge in [-0.15, -0.1) is 0 Å². The van der Waals surface area contributed by atoms with Crippen molar-refractivity contribution in [3.05, 3.63) is 24.3 Å². The lowest BCUT2D eigenvalue weighted by Gasteiger charge is -1.98. The van der Waals surface area contributed by atoms with Crippen molar-refractivity contribution in [3.8, 4) is 0 Å². The number of carbonyl (C=O) groups excluding carboxylic acids is 1. The van der Waals surface area contributed by atoms with Crippen molar-refractivity contribution < 1.29 is 19.4 Å². The van der Waals surface area contributed by atoms with Crippen LogP contribution in [0.2, 0.25) is 0 Å². The zero-order chi connectivity index (χ0) is 16.2.